The highest BCUT2D eigenvalue weighted by atomic mass is 35.5. The molecule has 0 spiro atoms. The smallest absolute Gasteiger partial charge is 0.321 e. The van der Waals surface area contributed by atoms with Crippen LogP contribution in [-0.2, 0) is 24.4 Å². The molecule has 0 saturated heterocycles. The first kappa shape index (κ1) is 28.4. The molecular weight excluding hydrogens is 573 g/mol. The number of fused-ring (bicyclic) bond motifs is 2. The van der Waals surface area contributed by atoms with E-state index in [2.05, 4.69) is 24.0 Å². The summed E-state index contributed by atoms with van der Waals surface area (Å²) in [7, 11) is 0. The monoisotopic (exact) mass is 603 g/mol. The summed E-state index contributed by atoms with van der Waals surface area (Å²) < 4.78 is 18.5. The van der Waals surface area contributed by atoms with Gasteiger partial charge in [0.25, 0.3) is 0 Å². The molecule has 6 nitrogen and oxygen atoms in total. The van der Waals surface area contributed by atoms with Gasteiger partial charge in [0.2, 0.25) is 0 Å². The molecule has 0 bridgehead atoms. The molecule has 1 unspecified atom stereocenters. The lowest BCUT2D eigenvalue weighted by atomic mass is 9.89. The van der Waals surface area contributed by atoms with Crippen molar-refractivity contribution in [3.63, 3.8) is 0 Å². The molecule has 0 aliphatic carbocycles. The molecule has 2 aliphatic heterocycles. The van der Waals surface area contributed by atoms with Gasteiger partial charge in [-0.1, -0.05) is 78.7 Å². The zero-order chi connectivity index (χ0) is 29.2. The van der Waals surface area contributed by atoms with E-state index >= 15 is 0 Å². The SMILES string of the molecule is CCC(c1ccccc1)N1Cc2cc3c(cc2C[C@H]1C(=O)O)OC[C@H](c1ccc(OCc2ccc(Cl)c(Cl)c2)cc1)O3. The minimum absolute atomic E-state index is 0.00110. The average molecular weight is 605 g/mol. The first-order valence-electron chi connectivity index (χ1n) is 14.0. The second kappa shape index (κ2) is 12.3. The predicted molar refractivity (Wildman–Crippen MR) is 163 cm³/mol. The van der Waals surface area contributed by atoms with Crippen LogP contribution in [0, 0.1) is 0 Å². The summed E-state index contributed by atoms with van der Waals surface area (Å²) in [4.78, 5) is 14.5. The Kier molecular flexibility index (Phi) is 8.29. The number of hydrogen-bond donors (Lipinski definition) is 1. The number of halogens is 2. The maximum Gasteiger partial charge on any atom is 0.321 e. The third-order valence-corrected chi connectivity index (χ3v) is 8.73. The van der Waals surface area contributed by atoms with Gasteiger partial charge in [-0.2, -0.15) is 0 Å². The minimum Gasteiger partial charge on any atom is -0.489 e. The van der Waals surface area contributed by atoms with Crippen molar-refractivity contribution >= 4 is 29.2 Å². The normalized spacial score (nSPS) is 18.6. The number of ether oxygens (including phenoxy) is 3. The van der Waals surface area contributed by atoms with E-state index in [0.29, 0.717) is 47.7 Å². The van der Waals surface area contributed by atoms with Crippen molar-refractivity contribution in [2.45, 2.75) is 51.1 Å². The summed E-state index contributed by atoms with van der Waals surface area (Å²) in [5.41, 5.74) is 5.08. The van der Waals surface area contributed by atoms with Crippen molar-refractivity contribution in [3.05, 3.63) is 123 Å². The molecule has 8 heteroatoms. The van der Waals surface area contributed by atoms with Gasteiger partial charge in [-0.3, -0.25) is 9.69 Å². The maximum atomic E-state index is 12.4. The van der Waals surface area contributed by atoms with Crippen molar-refractivity contribution < 1.29 is 24.1 Å². The summed E-state index contributed by atoms with van der Waals surface area (Å²) >= 11 is 12.1. The molecule has 0 aromatic heterocycles. The molecule has 0 amide bonds. The molecule has 0 radical (unpaired) electrons. The van der Waals surface area contributed by atoms with Crippen LogP contribution < -0.4 is 14.2 Å². The van der Waals surface area contributed by atoms with Crippen LogP contribution in [0.4, 0.5) is 0 Å². The number of carbonyl (C=O) groups is 1. The van der Waals surface area contributed by atoms with Crippen LogP contribution in [0.5, 0.6) is 17.2 Å². The van der Waals surface area contributed by atoms with Crippen LogP contribution in [-0.4, -0.2) is 28.6 Å². The highest BCUT2D eigenvalue weighted by molar-refractivity contribution is 6.42. The molecule has 0 saturated carbocycles. The lowest BCUT2D eigenvalue weighted by Crippen LogP contribution is -2.47. The summed E-state index contributed by atoms with van der Waals surface area (Å²) in [5, 5.41) is 11.2. The van der Waals surface area contributed by atoms with Crippen LogP contribution in [0.1, 0.15) is 53.3 Å². The van der Waals surface area contributed by atoms with Crippen molar-refractivity contribution in [3.8, 4) is 17.2 Å². The number of aliphatic carboxylic acids is 1. The molecule has 42 heavy (non-hydrogen) atoms. The van der Waals surface area contributed by atoms with Crippen molar-refractivity contribution in [2.75, 3.05) is 6.61 Å². The number of benzene rings is 4. The second-order valence-corrected chi connectivity index (χ2v) is 11.5. The molecular formula is C34H31Cl2NO5. The van der Waals surface area contributed by atoms with Crippen LogP contribution in [0.15, 0.2) is 84.9 Å². The van der Waals surface area contributed by atoms with E-state index < -0.39 is 12.0 Å². The third kappa shape index (κ3) is 5.93. The molecule has 3 atom stereocenters. The number of nitrogens with zero attached hydrogens (tertiary/aromatic N) is 1. The number of hydrogen-bond acceptors (Lipinski definition) is 5. The fourth-order valence-electron chi connectivity index (χ4n) is 5.80. The molecule has 4 aromatic rings. The van der Waals surface area contributed by atoms with Crippen molar-refractivity contribution in [1.82, 2.24) is 4.90 Å². The zero-order valence-electron chi connectivity index (χ0n) is 23.1. The summed E-state index contributed by atoms with van der Waals surface area (Å²) in [6.45, 7) is 3.35. The lowest BCUT2D eigenvalue weighted by Gasteiger charge is -2.40. The van der Waals surface area contributed by atoms with Gasteiger partial charge >= 0.3 is 5.97 Å². The quantitative estimate of drug-likeness (QED) is 0.220. The van der Waals surface area contributed by atoms with Gasteiger partial charge in [-0.05, 0) is 77.1 Å². The number of carboxylic acids is 1. The van der Waals surface area contributed by atoms with Gasteiger partial charge in [0.05, 0.1) is 10.0 Å². The van der Waals surface area contributed by atoms with Crippen LogP contribution in [0.2, 0.25) is 10.0 Å². The standard InChI is InChI=1S/C34H31Cl2NO5/c1-2-29(22-6-4-3-5-7-22)37-18-25-17-32-31(16-24(25)15-30(37)34(38)39)41-20-33(42-32)23-9-11-26(12-10-23)40-19-21-8-13-27(35)28(36)14-21/h3-14,16-17,29-30,33H,2,15,18-20H2,1H3,(H,38,39)/t29?,30-,33+/m0/s1. The van der Waals surface area contributed by atoms with Crippen LogP contribution in [0.3, 0.4) is 0 Å². The Morgan fingerprint density at radius 2 is 1.74 bits per heavy atom. The molecule has 6 rings (SSSR count). The van der Waals surface area contributed by atoms with Crippen molar-refractivity contribution in [2.24, 2.45) is 0 Å². The molecule has 0 fully saturated rings. The van der Waals surface area contributed by atoms with Crippen LogP contribution in [0.25, 0.3) is 0 Å². The third-order valence-electron chi connectivity index (χ3n) is 7.99. The van der Waals surface area contributed by atoms with Gasteiger partial charge in [0.15, 0.2) is 17.6 Å². The lowest BCUT2D eigenvalue weighted by molar-refractivity contribution is -0.145. The molecule has 4 aromatic carbocycles. The van der Waals surface area contributed by atoms with Gasteiger partial charge in [0.1, 0.15) is 25.0 Å². The van der Waals surface area contributed by atoms with E-state index in [1.807, 2.05) is 60.7 Å². The van der Waals surface area contributed by atoms with Gasteiger partial charge < -0.3 is 19.3 Å². The largest absolute Gasteiger partial charge is 0.489 e. The number of rotatable bonds is 8. The Balaban J connectivity index is 1.17. The van der Waals surface area contributed by atoms with E-state index in [-0.39, 0.29) is 12.1 Å². The van der Waals surface area contributed by atoms with Gasteiger partial charge in [-0.25, -0.2) is 0 Å². The van der Waals surface area contributed by atoms with E-state index in [1.165, 1.54) is 0 Å². The summed E-state index contributed by atoms with van der Waals surface area (Å²) in [6.07, 6.45) is 0.944. The Labute approximate surface area is 255 Å². The minimum atomic E-state index is -0.811. The van der Waals surface area contributed by atoms with Gasteiger partial charge in [0, 0.05) is 12.6 Å². The summed E-state index contributed by atoms with van der Waals surface area (Å²) in [6, 6.07) is 26.7. The topological polar surface area (TPSA) is 68.2 Å². The predicted octanol–water partition coefficient (Wildman–Crippen LogP) is 8.05. The zero-order valence-corrected chi connectivity index (χ0v) is 24.6. The molecule has 2 aliphatic rings. The first-order valence-corrected chi connectivity index (χ1v) is 14.8. The Hall–Kier alpha value is -3.71. The van der Waals surface area contributed by atoms with Crippen molar-refractivity contribution in [1.29, 1.82) is 0 Å². The molecule has 1 N–H and O–H groups in total. The Morgan fingerprint density at radius 3 is 2.45 bits per heavy atom. The van der Waals surface area contributed by atoms with Crippen LogP contribution >= 0.6 is 23.2 Å². The van der Waals surface area contributed by atoms with E-state index in [4.69, 9.17) is 37.4 Å². The Bertz CT molecular complexity index is 1580. The van der Waals surface area contributed by atoms with E-state index in [1.54, 1.807) is 12.1 Å². The fraction of sp³-hybridized carbons (Fsp3) is 0.265. The number of carboxylic acid groups (broad SMARTS) is 1. The highest BCUT2D eigenvalue weighted by Crippen LogP contribution is 2.42. The van der Waals surface area contributed by atoms with E-state index in [0.717, 1.165) is 40.0 Å². The van der Waals surface area contributed by atoms with Gasteiger partial charge in [-0.15, -0.1) is 0 Å². The average Bonchev–Trinajstić information content (AvgIpc) is 3.01. The maximum absolute atomic E-state index is 12.4. The molecule has 216 valence electrons. The fourth-order valence-corrected chi connectivity index (χ4v) is 6.12. The molecule has 2 heterocycles. The Morgan fingerprint density at radius 1 is 0.976 bits per heavy atom. The first-order chi connectivity index (χ1) is 20.4. The summed E-state index contributed by atoms with van der Waals surface area (Å²) in [5.74, 6) is 1.24. The highest BCUT2D eigenvalue weighted by Gasteiger charge is 2.37. The second-order valence-electron chi connectivity index (χ2n) is 10.7. The van der Waals surface area contributed by atoms with E-state index in [9.17, 15) is 9.90 Å².